The van der Waals surface area contributed by atoms with Gasteiger partial charge in [0.05, 0.1) is 30.1 Å². The Kier molecular flexibility index (Phi) is 7.02. The Morgan fingerprint density at radius 3 is 2.71 bits per heavy atom. The van der Waals surface area contributed by atoms with Crippen molar-refractivity contribution in [2.75, 3.05) is 24.6 Å². The number of piperazine rings is 1. The number of halogens is 4. The van der Waals surface area contributed by atoms with Crippen molar-refractivity contribution in [3.8, 4) is 16.9 Å². The number of anilines is 1. The molecule has 0 radical (unpaired) electrons. The van der Waals surface area contributed by atoms with Gasteiger partial charge < -0.3 is 15.0 Å². The number of ether oxygens (including phenoxy) is 1. The zero-order valence-electron chi connectivity index (χ0n) is 19.8. The minimum absolute atomic E-state index is 0.0568. The number of fused-ring (bicyclic) bond motifs is 1. The zero-order chi connectivity index (χ0) is 27.2. The number of hydrogen-bond acceptors (Lipinski definition) is 10. The third-order valence-electron chi connectivity index (χ3n) is 6.24. The predicted octanol–water partition coefficient (Wildman–Crippen LogP) is 2.53. The van der Waals surface area contributed by atoms with Gasteiger partial charge in [-0.3, -0.25) is 4.40 Å². The molecule has 38 heavy (non-hydrogen) atoms. The smallest absolute Gasteiger partial charge is 0.345 e. The van der Waals surface area contributed by atoms with Crippen LogP contribution in [0.15, 0.2) is 23.4 Å². The average Bonchev–Trinajstić information content (AvgIpc) is 3.25. The Morgan fingerprint density at radius 1 is 1.32 bits per heavy atom. The summed E-state index contributed by atoms with van der Waals surface area (Å²) in [6, 6.07) is 2.75. The van der Waals surface area contributed by atoms with Crippen molar-refractivity contribution < 1.29 is 30.7 Å². The van der Waals surface area contributed by atoms with Crippen LogP contribution in [0.25, 0.3) is 16.3 Å². The summed E-state index contributed by atoms with van der Waals surface area (Å²) < 4.78 is 86.6. The molecule has 5 rings (SSSR count). The van der Waals surface area contributed by atoms with E-state index < -0.39 is 39.6 Å². The van der Waals surface area contributed by atoms with Crippen LogP contribution in [0.2, 0.25) is 0 Å². The van der Waals surface area contributed by atoms with E-state index in [9.17, 15) is 31.2 Å². The second-order valence-electron chi connectivity index (χ2n) is 9.21. The number of alkyl halides is 4. The first kappa shape index (κ1) is 26.7. The third-order valence-corrected chi connectivity index (χ3v) is 8.67. The van der Waals surface area contributed by atoms with Crippen molar-refractivity contribution in [3.63, 3.8) is 0 Å². The molecule has 2 aliphatic rings. The summed E-state index contributed by atoms with van der Waals surface area (Å²) in [5.41, 5.74) is -0.322. The number of nitrogens with one attached hydrogen (secondary N) is 2. The standard InChI is InChI=1S/C21H22F4N8O3S2/c1-11-6-32(7-12(28-11)9-36-20(24)25)14-4-13(38(34,35)31-21(10-26)2-3-21)8-33-15(14)5-27-17(33)19-30-29-18(37-19)16(22)23/h4-5,8,11-12,16,20,28,31H,2-3,6-7,9H2,1H3/t11-,12+/m0/s1. The maximum Gasteiger partial charge on any atom is 0.345 e. The van der Waals surface area contributed by atoms with Crippen LogP contribution in [0.1, 0.15) is 31.2 Å². The number of imidazole rings is 1. The Hall–Kier alpha value is -2.91. The number of pyridine rings is 1. The van der Waals surface area contributed by atoms with Crippen molar-refractivity contribution >= 4 is 32.6 Å². The second kappa shape index (κ2) is 10.0. The lowest BCUT2D eigenvalue weighted by Crippen LogP contribution is -2.57. The molecule has 1 saturated carbocycles. The van der Waals surface area contributed by atoms with Crippen LogP contribution < -0.4 is 14.9 Å². The van der Waals surface area contributed by atoms with Crippen molar-refractivity contribution in [2.24, 2.45) is 0 Å². The van der Waals surface area contributed by atoms with Crippen LogP contribution in [0.3, 0.4) is 0 Å². The number of sulfonamides is 1. The Morgan fingerprint density at radius 2 is 2.08 bits per heavy atom. The van der Waals surface area contributed by atoms with E-state index in [1.54, 1.807) is 0 Å². The molecule has 2 N–H and O–H groups in total. The fourth-order valence-corrected chi connectivity index (χ4v) is 6.45. The molecule has 0 spiro atoms. The molecule has 11 nitrogen and oxygen atoms in total. The highest BCUT2D eigenvalue weighted by molar-refractivity contribution is 7.89. The molecule has 2 atom stereocenters. The summed E-state index contributed by atoms with van der Waals surface area (Å²) in [5.74, 6) is 0.102. The Bertz CT molecular complexity index is 1490. The van der Waals surface area contributed by atoms with Gasteiger partial charge in [-0.15, -0.1) is 10.2 Å². The molecule has 0 amide bonds. The van der Waals surface area contributed by atoms with Gasteiger partial charge >= 0.3 is 6.61 Å². The predicted molar refractivity (Wildman–Crippen MR) is 128 cm³/mol. The molecular formula is C21H22F4N8O3S2. The topological polar surface area (TPSA) is 138 Å². The molecule has 17 heteroatoms. The highest BCUT2D eigenvalue weighted by Gasteiger charge is 2.47. The van der Waals surface area contributed by atoms with Gasteiger partial charge in [0, 0.05) is 31.4 Å². The summed E-state index contributed by atoms with van der Waals surface area (Å²) in [6.45, 7) is -0.759. The number of aromatic nitrogens is 4. The molecule has 0 bridgehead atoms. The molecule has 0 aromatic carbocycles. The van der Waals surface area contributed by atoms with E-state index in [1.165, 1.54) is 22.9 Å². The number of hydrogen-bond donors (Lipinski definition) is 2. The summed E-state index contributed by atoms with van der Waals surface area (Å²) in [7, 11) is -4.19. The minimum atomic E-state index is -4.19. The molecule has 1 saturated heterocycles. The van der Waals surface area contributed by atoms with Gasteiger partial charge in [0.25, 0.3) is 6.43 Å². The van der Waals surface area contributed by atoms with Gasteiger partial charge in [0.1, 0.15) is 10.4 Å². The second-order valence-corrected chi connectivity index (χ2v) is 11.9. The first-order valence-corrected chi connectivity index (χ1v) is 13.8. The lowest BCUT2D eigenvalue weighted by Gasteiger charge is -2.39. The maximum absolute atomic E-state index is 13.3. The fraction of sp³-hybridized carbons (Fsp3) is 0.524. The summed E-state index contributed by atoms with van der Waals surface area (Å²) in [4.78, 5) is 5.94. The van der Waals surface area contributed by atoms with Gasteiger partial charge in [-0.1, -0.05) is 11.3 Å². The van der Waals surface area contributed by atoms with E-state index in [0.717, 1.165) is 0 Å². The van der Waals surface area contributed by atoms with Crippen molar-refractivity contribution in [1.29, 1.82) is 5.26 Å². The van der Waals surface area contributed by atoms with Gasteiger partial charge in [-0.25, -0.2) is 22.2 Å². The van der Waals surface area contributed by atoms with E-state index in [1.807, 2.05) is 17.9 Å². The monoisotopic (exact) mass is 574 g/mol. The van der Waals surface area contributed by atoms with Crippen molar-refractivity contribution in [2.45, 2.75) is 55.3 Å². The SMILES string of the molecule is C[C@H]1CN(c2cc(S(=O)(=O)NC3(C#N)CC3)cn3c(-c4nnc(C(F)F)s4)ncc23)C[C@H](COC(F)F)N1. The van der Waals surface area contributed by atoms with Gasteiger partial charge in [-0.05, 0) is 25.8 Å². The van der Waals surface area contributed by atoms with E-state index in [0.29, 0.717) is 41.9 Å². The fourth-order valence-electron chi connectivity index (χ4n) is 4.37. The lowest BCUT2D eigenvalue weighted by molar-refractivity contribution is -0.134. The molecule has 3 aromatic heterocycles. The van der Waals surface area contributed by atoms with Gasteiger partial charge in [0.15, 0.2) is 15.8 Å². The quantitative estimate of drug-likeness (QED) is 0.369. The van der Waals surface area contributed by atoms with E-state index >= 15 is 0 Å². The number of nitrogens with zero attached hydrogens (tertiary/aromatic N) is 6. The molecule has 0 unspecified atom stereocenters. The molecule has 1 aliphatic carbocycles. The summed E-state index contributed by atoms with van der Waals surface area (Å²) in [5, 5.41) is 19.4. The van der Waals surface area contributed by atoms with Crippen molar-refractivity contribution in [1.82, 2.24) is 29.6 Å². The molecule has 1 aliphatic heterocycles. The van der Waals surface area contributed by atoms with Crippen molar-refractivity contribution in [3.05, 3.63) is 23.5 Å². The molecule has 4 heterocycles. The Labute approximate surface area is 218 Å². The number of rotatable bonds is 9. The van der Waals surface area contributed by atoms with Gasteiger partial charge in [0.2, 0.25) is 10.0 Å². The third kappa shape index (κ3) is 5.31. The normalized spacial score (nSPS) is 21.4. The van der Waals surface area contributed by atoms with E-state index in [2.05, 4.69) is 30.0 Å². The van der Waals surface area contributed by atoms with E-state index in [4.69, 9.17) is 0 Å². The molecular weight excluding hydrogens is 552 g/mol. The van der Waals surface area contributed by atoms with Crippen LogP contribution in [-0.2, 0) is 14.8 Å². The highest BCUT2D eigenvalue weighted by Crippen LogP contribution is 2.38. The minimum Gasteiger partial charge on any atom is -0.367 e. The Balaban J connectivity index is 1.60. The first-order valence-electron chi connectivity index (χ1n) is 11.5. The first-order chi connectivity index (χ1) is 18.0. The van der Waals surface area contributed by atoms with Crippen LogP contribution >= 0.6 is 11.3 Å². The number of nitriles is 1. The molecule has 3 aromatic rings. The van der Waals surface area contributed by atoms with Crippen LogP contribution in [0.4, 0.5) is 23.2 Å². The van der Waals surface area contributed by atoms with Crippen LogP contribution in [-0.4, -0.2) is 71.9 Å². The highest BCUT2D eigenvalue weighted by atomic mass is 32.2. The summed E-state index contributed by atoms with van der Waals surface area (Å²) >= 11 is 0.627. The lowest BCUT2D eigenvalue weighted by atomic mass is 10.1. The molecule has 2 fully saturated rings. The molecule has 204 valence electrons. The van der Waals surface area contributed by atoms with Gasteiger partial charge in [-0.2, -0.15) is 18.8 Å². The van der Waals surface area contributed by atoms with Crippen LogP contribution in [0, 0.1) is 11.3 Å². The van der Waals surface area contributed by atoms with E-state index in [-0.39, 0.29) is 34.9 Å². The largest absolute Gasteiger partial charge is 0.367 e. The van der Waals surface area contributed by atoms with Crippen LogP contribution in [0.5, 0.6) is 0 Å². The average molecular weight is 575 g/mol. The summed E-state index contributed by atoms with van der Waals surface area (Å²) in [6.07, 6.45) is 0.641. The zero-order valence-corrected chi connectivity index (χ0v) is 21.4. The maximum atomic E-state index is 13.3.